The molecule has 0 aliphatic carbocycles. The smallest absolute Gasteiger partial charge is 0.273 e. The number of nitrogens with zero attached hydrogens (tertiary/aromatic N) is 2. The maximum absolute atomic E-state index is 13.3. The van der Waals surface area contributed by atoms with Gasteiger partial charge in [-0.2, -0.15) is 0 Å². The molecule has 1 heterocycles. The Morgan fingerprint density at radius 2 is 1.70 bits per heavy atom. The number of H-pyrrole nitrogens is 1. The number of benzene rings is 3. The summed E-state index contributed by atoms with van der Waals surface area (Å²) in [6, 6.07) is 20.8. The molecule has 1 amide bonds. The van der Waals surface area contributed by atoms with Crippen molar-refractivity contribution in [2.45, 2.75) is 25.9 Å². The van der Waals surface area contributed by atoms with Crippen LogP contribution in [0.3, 0.4) is 0 Å². The van der Waals surface area contributed by atoms with Gasteiger partial charge >= 0.3 is 0 Å². The van der Waals surface area contributed by atoms with Gasteiger partial charge in [0.15, 0.2) is 5.82 Å². The molecule has 3 aromatic carbocycles. The lowest BCUT2D eigenvalue weighted by Gasteiger charge is -2.08. The van der Waals surface area contributed by atoms with E-state index in [1.807, 2.05) is 24.3 Å². The minimum absolute atomic E-state index is 0.136. The standard InChI is InChI=1S/C28H27FN4O4/c1-36-23-9-5-19(6-10-23)15-16-30-26(34)14-13-25-28(35)31-27(33-32-25)21-7-11-24(12-8-21)37-18-20-3-2-4-22(29)17-20/h2-12,17H,13-16,18H2,1H3,(H,30,34)(H,31,33,35). The summed E-state index contributed by atoms with van der Waals surface area (Å²) in [5.74, 6) is 1.22. The fourth-order valence-electron chi connectivity index (χ4n) is 3.62. The van der Waals surface area contributed by atoms with Gasteiger partial charge in [0.1, 0.15) is 29.6 Å². The number of methoxy groups -OCH3 is 1. The molecule has 4 aromatic rings. The third kappa shape index (κ3) is 7.47. The van der Waals surface area contributed by atoms with Crippen LogP contribution in [0.25, 0.3) is 11.4 Å². The largest absolute Gasteiger partial charge is 0.497 e. The molecular weight excluding hydrogens is 475 g/mol. The van der Waals surface area contributed by atoms with Crippen molar-refractivity contribution >= 4 is 5.91 Å². The maximum Gasteiger partial charge on any atom is 0.273 e. The van der Waals surface area contributed by atoms with E-state index in [-0.39, 0.29) is 42.4 Å². The molecule has 0 radical (unpaired) electrons. The van der Waals surface area contributed by atoms with Gasteiger partial charge in [-0.15, -0.1) is 10.2 Å². The molecule has 0 saturated heterocycles. The molecule has 0 spiro atoms. The van der Waals surface area contributed by atoms with Crippen molar-refractivity contribution in [3.8, 4) is 22.9 Å². The van der Waals surface area contributed by atoms with Crippen LogP contribution in [0.4, 0.5) is 4.39 Å². The highest BCUT2D eigenvalue weighted by Crippen LogP contribution is 2.19. The van der Waals surface area contributed by atoms with Gasteiger partial charge in [0.05, 0.1) is 7.11 Å². The number of halogens is 1. The van der Waals surface area contributed by atoms with Gasteiger partial charge in [-0.1, -0.05) is 24.3 Å². The highest BCUT2D eigenvalue weighted by molar-refractivity contribution is 5.76. The van der Waals surface area contributed by atoms with Crippen molar-refractivity contribution in [3.05, 3.63) is 106 Å². The number of ether oxygens (including phenoxy) is 2. The highest BCUT2D eigenvalue weighted by Gasteiger charge is 2.10. The van der Waals surface area contributed by atoms with Gasteiger partial charge in [-0.05, 0) is 66.1 Å². The molecule has 4 rings (SSSR count). The molecule has 8 nitrogen and oxygen atoms in total. The normalized spacial score (nSPS) is 10.6. The first-order valence-corrected chi connectivity index (χ1v) is 11.8. The minimum Gasteiger partial charge on any atom is -0.497 e. The fraction of sp³-hybridized carbons (Fsp3) is 0.214. The average Bonchev–Trinajstić information content (AvgIpc) is 2.92. The number of hydrogen-bond donors (Lipinski definition) is 2. The summed E-state index contributed by atoms with van der Waals surface area (Å²) < 4.78 is 24.1. The van der Waals surface area contributed by atoms with Crippen LogP contribution >= 0.6 is 0 Å². The Bertz CT molecular complexity index is 1390. The van der Waals surface area contributed by atoms with Crippen molar-refractivity contribution in [2.75, 3.05) is 13.7 Å². The van der Waals surface area contributed by atoms with Crippen LogP contribution in [0.2, 0.25) is 0 Å². The van der Waals surface area contributed by atoms with Gasteiger partial charge in [0, 0.05) is 24.9 Å². The third-order valence-corrected chi connectivity index (χ3v) is 5.67. The fourth-order valence-corrected chi connectivity index (χ4v) is 3.62. The number of aromatic amines is 1. The second-order valence-electron chi connectivity index (χ2n) is 8.34. The number of hydrogen-bond acceptors (Lipinski definition) is 6. The summed E-state index contributed by atoms with van der Waals surface area (Å²) >= 11 is 0. The molecule has 1 aromatic heterocycles. The van der Waals surface area contributed by atoms with Crippen LogP contribution in [0.15, 0.2) is 77.6 Å². The summed E-state index contributed by atoms with van der Waals surface area (Å²) in [6.07, 6.45) is 1.01. The quantitative estimate of drug-likeness (QED) is 0.323. The Kier molecular flexibility index (Phi) is 8.59. The summed E-state index contributed by atoms with van der Waals surface area (Å²) in [5, 5.41) is 11.0. The molecule has 2 N–H and O–H groups in total. The zero-order chi connectivity index (χ0) is 26.0. The van der Waals surface area contributed by atoms with Crippen LogP contribution in [0.1, 0.15) is 23.2 Å². The highest BCUT2D eigenvalue weighted by atomic mass is 19.1. The summed E-state index contributed by atoms with van der Waals surface area (Å²) in [4.78, 5) is 27.4. The van der Waals surface area contributed by atoms with E-state index in [0.717, 1.165) is 16.9 Å². The van der Waals surface area contributed by atoms with Crippen LogP contribution < -0.4 is 20.3 Å². The molecule has 0 atom stereocenters. The summed E-state index contributed by atoms with van der Waals surface area (Å²) in [5.41, 5.74) is 2.28. The van der Waals surface area contributed by atoms with Crippen molar-refractivity contribution in [1.82, 2.24) is 20.5 Å². The van der Waals surface area contributed by atoms with Crippen molar-refractivity contribution in [1.29, 1.82) is 0 Å². The van der Waals surface area contributed by atoms with E-state index < -0.39 is 0 Å². The van der Waals surface area contributed by atoms with Gasteiger partial charge in [0.25, 0.3) is 5.56 Å². The van der Waals surface area contributed by atoms with E-state index in [2.05, 4.69) is 20.5 Å². The lowest BCUT2D eigenvalue weighted by molar-refractivity contribution is -0.121. The molecule has 0 fully saturated rings. The predicted molar refractivity (Wildman–Crippen MR) is 137 cm³/mol. The van der Waals surface area contributed by atoms with Crippen molar-refractivity contribution < 1.29 is 18.7 Å². The predicted octanol–water partition coefficient (Wildman–Crippen LogP) is 3.85. The molecule has 0 unspecified atom stereocenters. The number of aromatic nitrogens is 3. The van der Waals surface area contributed by atoms with Crippen molar-refractivity contribution in [3.63, 3.8) is 0 Å². The Hall–Kier alpha value is -4.53. The minimum atomic E-state index is -0.387. The number of aryl methyl sites for hydroxylation is 1. The van der Waals surface area contributed by atoms with Gasteiger partial charge in [-0.3, -0.25) is 9.59 Å². The Morgan fingerprint density at radius 1 is 0.946 bits per heavy atom. The van der Waals surface area contributed by atoms with Crippen LogP contribution in [0, 0.1) is 5.82 Å². The summed E-state index contributed by atoms with van der Waals surface area (Å²) in [6.45, 7) is 0.728. The van der Waals surface area contributed by atoms with Crippen LogP contribution in [0.5, 0.6) is 11.5 Å². The van der Waals surface area contributed by atoms with E-state index in [1.165, 1.54) is 12.1 Å². The number of nitrogens with one attached hydrogen (secondary N) is 2. The van der Waals surface area contributed by atoms with E-state index in [1.54, 1.807) is 43.5 Å². The van der Waals surface area contributed by atoms with Gasteiger partial charge < -0.3 is 19.8 Å². The Labute approximate surface area is 213 Å². The first kappa shape index (κ1) is 25.6. The number of amides is 1. The lowest BCUT2D eigenvalue weighted by atomic mass is 10.1. The second kappa shape index (κ2) is 12.4. The molecular formula is C28H27FN4O4. The first-order valence-electron chi connectivity index (χ1n) is 11.8. The molecule has 37 heavy (non-hydrogen) atoms. The first-order chi connectivity index (χ1) is 18.0. The number of carbonyl (C=O) groups is 1. The monoisotopic (exact) mass is 502 g/mol. The molecule has 0 saturated carbocycles. The number of rotatable bonds is 11. The lowest BCUT2D eigenvalue weighted by Crippen LogP contribution is -2.27. The van der Waals surface area contributed by atoms with E-state index >= 15 is 0 Å². The molecule has 190 valence electrons. The van der Waals surface area contributed by atoms with E-state index in [9.17, 15) is 14.0 Å². The van der Waals surface area contributed by atoms with E-state index in [0.29, 0.717) is 30.1 Å². The van der Waals surface area contributed by atoms with Crippen LogP contribution in [-0.2, 0) is 24.2 Å². The zero-order valence-electron chi connectivity index (χ0n) is 20.4. The second-order valence-corrected chi connectivity index (χ2v) is 8.34. The Balaban J connectivity index is 1.25. The molecule has 0 aliphatic heterocycles. The Morgan fingerprint density at radius 3 is 2.41 bits per heavy atom. The SMILES string of the molecule is COc1ccc(CCNC(=O)CCc2nnc(-c3ccc(OCc4cccc(F)c4)cc3)[nH]c2=O)cc1. The maximum atomic E-state index is 13.3. The molecule has 0 bridgehead atoms. The van der Waals surface area contributed by atoms with E-state index in [4.69, 9.17) is 9.47 Å². The third-order valence-electron chi connectivity index (χ3n) is 5.67. The van der Waals surface area contributed by atoms with Crippen LogP contribution in [-0.4, -0.2) is 34.7 Å². The number of carbonyl (C=O) groups excluding carboxylic acids is 1. The van der Waals surface area contributed by atoms with Gasteiger partial charge in [0.2, 0.25) is 5.91 Å². The van der Waals surface area contributed by atoms with Crippen molar-refractivity contribution in [2.24, 2.45) is 0 Å². The van der Waals surface area contributed by atoms with Gasteiger partial charge in [-0.25, -0.2) is 4.39 Å². The molecule has 9 heteroatoms. The topological polar surface area (TPSA) is 106 Å². The molecule has 0 aliphatic rings. The zero-order valence-corrected chi connectivity index (χ0v) is 20.4. The average molecular weight is 503 g/mol. The summed E-state index contributed by atoms with van der Waals surface area (Å²) in [7, 11) is 1.62.